The van der Waals surface area contributed by atoms with Gasteiger partial charge in [0.05, 0.1) is 10.4 Å². The molecule has 0 saturated carbocycles. The number of hydrogen-bond donors (Lipinski definition) is 1. The van der Waals surface area contributed by atoms with E-state index in [0.717, 1.165) is 22.2 Å². The Morgan fingerprint density at radius 2 is 1.58 bits per heavy atom. The SMILES string of the molecule is CN(C)c1ccc2cc(C(=O)NS(=O)(=O)c3ccccc3-c3ccccc3)n(C)c2c1. The van der Waals surface area contributed by atoms with Crippen molar-refractivity contribution < 1.29 is 13.2 Å². The lowest BCUT2D eigenvalue weighted by atomic mass is 10.1. The van der Waals surface area contributed by atoms with Crippen LogP contribution in [0.1, 0.15) is 10.5 Å². The highest BCUT2D eigenvalue weighted by molar-refractivity contribution is 7.90. The standard InChI is InChI=1S/C24H23N3O3S/c1-26(2)19-14-13-18-15-22(27(3)21(18)16-19)24(28)25-31(29,30)23-12-8-7-11-20(23)17-9-5-4-6-10-17/h4-16H,1-3H3,(H,25,28). The number of anilines is 1. The van der Waals surface area contributed by atoms with E-state index in [9.17, 15) is 13.2 Å². The zero-order chi connectivity index (χ0) is 22.2. The van der Waals surface area contributed by atoms with Crippen molar-refractivity contribution in [3.8, 4) is 11.1 Å². The highest BCUT2D eigenvalue weighted by atomic mass is 32.2. The van der Waals surface area contributed by atoms with Crippen molar-refractivity contribution in [2.45, 2.75) is 4.90 Å². The molecule has 0 radical (unpaired) electrons. The minimum absolute atomic E-state index is 0.0585. The number of amides is 1. The molecule has 1 N–H and O–H groups in total. The van der Waals surface area contributed by atoms with Crippen molar-refractivity contribution in [2.24, 2.45) is 7.05 Å². The Labute approximate surface area is 181 Å². The van der Waals surface area contributed by atoms with Crippen molar-refractivity contribution in [1.29, 1.82) is 0 Å². The van der Waals surface area contributed by atoms with Gasteiger partial charge in [-0.2, -0.15) is 0 Å². The maximum absolute atomic E-state index is 13.1. The van der Waals surface area contributed by atoms with Crippen molar-refractivity contribution >= 4 is 32.5 Å². The van der Waals surface area contributed by atoms with Crippen LogP contribution < -0.4 is 9.62 Å². The van der Waals surface area contributed by atoms with Crippen molar-refractivity contribution in [3.63, 3.8) is 0 Å². The fraction of sp³-hybridized carbons (Fsp3) is 0.125. The normalized spacial score (nSPS) is 11.5. The van der Waals surface area contributed by atoms with E-state index < -0.39 is 15.9 Å². The second-order valence-corrected chi connectivity index (χ2v) is 9.17. The molecule has 0 unspecified atom stereocenters. The summed E-state index contributed by atoms with van der Waals surface area (Å²) >= 11 is 0. The number of aryl methyl sites for hydroxylation is 1. The van der Waals surface area contributed by atoms with Crippen LogP contribution >= 0.6 is 0 Å². The van der Waals surface area contributed by atoms with E-state index in [2.05, 4.69) is 4.72 Å². The number of rotatable bonds is 5. The number of hydrogen-bond acceptors (Lipinski definition) is 4. The van der Waals surface area contributed by atoms with Crippen LogP contribution in [0.5, 0.6) is 0 Å². The van der Waals surface area contributed by atoms with Crippen LogP contribution in [0, 0.1) is 0 Å². The van der Waals surface area contributed by atoms with Gasteiger partial charge in [0.25, 0.3) is 15.9 Å². The van der Waals surface area contributed by atoms with Gasteiger partial charge >= 0.3 is 0 Å². The summed E-state index contributed by atoms with van der Waals surface area (Å²) in [4.78, 5) is 15.0. The summed E-state index contributed by atoms with van der Waals surface area (Å²) in [6.07, 6.45) is 0. The van der Waals surface area contributed by atoms with Crippen LogP contribution in [0.3, 0.4) is 0 Å². The first-order chi connectivity index (χ1) is 14.8. The molecule has 1 amide bonds. The molecule has 0 spiro atoms. The molecule has 0 bridgehead atoms. The molecule has 3 aromatic carbocycles. The van der Waals surface area contributed by atoms with Gasteiger partial charge in [-0.15, -0.1) is 0 Å². The molecule has 0 atom stereocenters. The molecule has 0 fully saturated rings. The fourth-order valence-electron chi connectivity index (χ4n) is 3.60. The zero-order valence-corrected chi connectivity index (χ0v) is 18.3. The zero-order valence-electron chi connectivity index (χ0n) is 17.5. The first-order valence-electron chi connectivity index (χ1n) is 9.76. The molecular weight excluding hydrogens is 410 g/mol. The van der Waals surface area contributed by atoms with Crippen LogP contribution in [0.2, 0.25) is 0 Å². The second kappa shape index (κ2) is 7.92. The largest absolute Gasteiger partial charge is 0.378 e. The summed E-state index contributed by atoms with van der Waals surface area (Å²) in [5.74, 6) is -0.673. The van der Waals surface area contributed by atoms with Gasteiger partial charge in [-0.1, -0.05) is 54.6 Å². The van der Waals surface area contributed by atoms with Gasteiger partial charge in [-0.05, 0) is 29.8 Å². The van der Waals surface area contributed by atoms with Gasteiger partial charge < -0.3 is 9.47 Å². The first-order valence-corrected chi connectivity index (χ1v) is 11.2. The third-order valence-electron chi connectivity index (χ3n) is 5.27. The minimum atomic E-state index is -4.08. The lowest BCUT2D eigenvalue weighted by Gasteiger charge is -2.13. The summed E-state index contributed by atoms with van der Waals surface area (Å²) in [5.41, 5.74) is 3.41. The van der Waals surface area contributed by atoms with Crippen LogP contribution in [0.4, 0.5) is 5.69 Å². The van der Waals surface area contributed by atoms with Crippen LogP contribution in [-0.2, 0) is 17.1 Å². The van der Waals surface area contributed by atoms with Gasteiger partial charge in [-0.3, -0.25) is 4.79 Å². The highest BCUT2D eigenvalue weighted by Crippen LogP contribution is 2.28. The summed E-state index contributed by atoms with van der Waals surface area (Å²) < 4.78 is 30.2. The van der Waals surface area contributed by atoms with Crippen LogP contribution in [-0.4, -0.2) is 33.0 Å². The van der Waals surface area contributed by atoms with Crippen molar-refractivity contribution in [3.05, 3.63) is 84.6 Å². The number of nitrogens with one attached hydrogen (secondary N) is 1. The highest BCUT2D eigenvalue weighted by Gasteiger charge is 2.24. The first kappa shape index (κ1) is 20.7. The Hall–Kier alpha value is -3.58. The second-order valence-electron chi connectivity index (χ2n) is 7.52. The Balaban J connectivity index is 1.70. The molecule has 0 saturated heterocycles. The Bertz CT molecular complexity index is 1370. The van der Waals surface area contributed by atoms with Crippen molar-refractivity contribution in [1.82, 2.24) is 9.29 Å². The van der Waals surface area contributed by atoms with E-state index in [1.807, 2.05) is 67.5 Å². The Morgan fingerprint density at radius 3 is 2.29 bits per heavy atom. The molecule has 1 heterocycles. The molecule has 31 heavy (non-hydrogen) atoms. The fourth-order valence-corrected chi connectivity index (χ4v) is 4.79. The molecular formula is C24H23N3O3S. The number of sulfonamides is 1. The van der Waals surface area contributed by atoms with E-state index in [1.54, 1.807) is 35.9 Å². The van der Waals surface area contributed by atoms with Crippen molar-refractivity contribution in [2.75, 3.05) is 19.0 Å². The third-order valence-corrected chi connectivity index (χ3v) is 6.66. The molecule has 6 nitrogen and oxygen atoms in total. The Kier molecular flexibility index (Phi) is 5.29. The number of aromatic nitrogens is 1. The van der Waals surface area contributed by atoms with Gasteiger partial charge in [0, 0.05) is 37.8 Å². The number of carbonyl (C=O) groups excluding carboxylic acids is 1. The van der Waals surface area contributed by atoms with Gasteiger partial charge in [0.15, 0.2) is 0 Å². The summed E-state index contributed by atoms with van der Waals surface area (Å²) in [6, 6.07) is 23.4. The molecule has 7 heteroatoms. The van der Waals surface area contributed by atoms with Gasteiger partial charge in [0.2, 0.25) is 0 Å². The van der Waals surface area contributed by atoms with Crippen LogP contribution in [0.15, 0.2) is 83.8 Å². The van der Waals surface area contributed by atoms with E-state index >= 15 is 0 Å². The summed E-state index contributed by atoms with van der Waals surface area (Å²) in [5, 5.41) is 0.861. The average molecular weight is 434 g/mol. The maximum Gasteiger partial charge on any atom is 0.281 e. The quantitative estimate of drug-likeness (QED) is 0.516. The molecule has 158 valence electrons. The number of nitrogens with zero attached hydrogens (tertiary/aromatic N) is 2. The number of fused-ring (bicyclic) bond motifs is 1. The summed E-state index contributed by atoms with van der Waals surface area (Å²) in [6.45, 7) is 0. The topological polar surface area (TPSA) is 71.4 Å². The maximum atomic E-state index is 13.1. The lowest BCUT2D eigenvalue weighted by Crippen LogP contribution is -2.32. The minimum Gasteiger partial charge on any atom is -0.378 e. The molecule has 4 aromatic rings. The molecule has 0 aliphatic heterocycles. The van der Waals surface area contributed by atoms with E-state index in [4.69, 9.17) is 0 Å². The molecule has 0 aliphatic carbocycles. The third kappa shape index (κ3) is 3.92. The van der Waals surface area contributed by atoms with Crippen LogP contribution in [0.25, 0.3) is 22.0 Å². The smallest absolute Gasteiger partial charge is 0.281 e. The number of benzene rings is 3. The van der Waals surface area contributed by atoms with E-state index in [0.29, 0.717) is 5.56 Å². The molecule has 1 aromatic heterocycles. The lowest BCUT2D eigenvalue weighted by molar-refractivity contribution is 0.0974. The molecule has 0 aliphatic rings. The predicted molar refractivity (Wildman–Crippen MR) is 124 cm³/mol. The number of carbonyl (C=O) groups is 1. The monoisotopic (exact) mass is 433 g/mol. The van der Waals surface area contributed by atoms with Gasteiger partial charge in [0.1, 0.15) is 5.69 Å². The molecule has 4 rings (SSSR count). The van der Waals surface area contributed by atoms with Gasteiger partial charge in [-0.25, -0.2) is 13.1 Å². The Morgan fingerprint density at radius 1 is 0.903 bits per heavy atom. The van der Waals surface area contributed by atoms with E-state index in [-0.39, 0.29) is 10.6 Å². The van der Waals surface area contributed by atoms with E-state index in [1.165, 1.54) is 6.07 Å². The average Bonchev–Trinajstić information content (AvgIpc) is 3.10. The predicted octanol–water partition coefficient (Wildman–Crippen LogP) is 4.03. The summed E-state index contributed by atoms with van der Waals surface area (Å²) in [7, 11) is 1.55.